The molecule has 1 atom stereocenters. The smallest absolute Gasteiger partial charge is 0.222 e. The molecule has 2 aliphatic rings. The maximum absolute atomic E-state index is 12.2. The molecule has 1 aromatic rings. The lowest BCUT2D eigenvalue weighted by molar-refractivity contribution is -0.128. The van der Waals surface area contributed by atoms with Crippen molar-refractivity contribution in [3.8, 4) is 0 Å². The number of nitrogens with one attached hydrogen (secondary N) is 1. The van der Waals surface area contributed by atoms with E-state index in [-0.39, 0.29) is 17.9 Å². The van der Waals surface area contributed by atoms with Gasteiger partial charge in [0.15, 0.2) is 0 Å². The molecule has 118 valence electrons. The molecule has 1 N–H and O–H groups in total. The zero-order valence-corrected chi connectivity index (χ0v) is 13.0. The van der Waals surface area contributed by atoms with Crippen molar-refractivity contribution < 1.29 is 9.59 Å². The van der Waals surface area contributed by atoms with E-state index in [9.17, 15) is 9.59 Å². The second-order valence-corrected chi connectivity index (χ2v) is 6.38. The second-order valence-electron chi connectivity index (χ2n) is 6.38. The summed E-state index contributed by atoms with van der Waals surface area (Å²) in [6, 6.07) is 4.03. The lowest BCUT2D eigenvalue weighted by Gasteiger charge is -2.20. The highest BCUT2D eigenvalue weighted by atomic mass is 16.2. The van der Waals surface area contributed by atoms with Crippen LogP contribution in [0.4, 0.5) is 0 Å². The number of hydrogen-bond donors (Lipinski definition) is 1. The molecule has 2 amide bonds. The van der Waals surface area contributed by atoms with Crippen molar-refractivity contribution in [1.29, 1.82) is 0 Å². The minimum Gasteiger partial charge on any atom is -0.347 e. The highest BCUT2D eigenvalue weighted by molar-refractivity contribution is 5.80. The number of aryl methyl sites for hydroxylation is 1. The summed E-state index contributed by atoms with van der Waals surface area (Å²) in [4.78, 5) is 30.0. The van der Waals surface area contributed by atoms with Crippen LogP contribution in [0.25, 0.3) is 0 Å². The van der Waals surface area contributed by atoms with E-state index in [2.05, 4.69) is 10.3 Å². The third-order valence-corrected chi connectivity index (χ3v) is 4.45. The van der Waals surface area contributed by atoms with Crippen LogP contribution in [-0.2, 0) is 9.59 Å². The van der Waals surface area contributed by atoms with Crippen LogP contribution >= 0.6 is 0 Å². The number of amides is 2. The number of likely N-dealkylation sites (tertiary alicyclic amines) is 1. The number of aromatic nitrogens is 1. The molecular formula is C17H23N3O2. The summed E-state index contributed by atoms with van der Waals surface area (Å²) in [7, 11) is 0. The van der Waals surface area contributed by atoms with Crippen LogP contribution < -0.4 is 5.32 Å². The summed E-state index contributed by atoms with van der Waals surface area (Å²) in [5.74, 6) is 0.693. The highest BCUT2D eigenvalue weighted by Crippen LogP contribution is 2.40. The van der Waals surface area contributed by atoms with E-state index in [0.717, 1.165) is 37.1 Å². The van der Waals surface area contributed by atoms with Gasteiger partial charge in [-0.05, 0) is 49.8 Å². The maximum atomic E-state index is 12.2. The quantitative estimate of drug-likeness (QED) is 0.874. The zero-order valence-electron chi connectivity index (χ0n) is 13.0. The molecule has 1 aliphatic heterocycles. The van der Waals surface area contributed by atoms with Gasteiger partial charge in [-0.15, -0.1) is 0 Å². The third-order valence-electron chi connectivity index (χ3n) is 4.45. The Morgan fingerprint density at radius 2 is 2.32 bits per heavy atom. The fraction of sp³-hybridized carbons (Fsp3) is 0.588. The molecule has 0 radical (unpaired) electrons. The number of nitrogens with zero attached hydrogens (tertiary/aromatic N) is 2. The van der Waals surface area contributed by atoms with Crippen LogP contribution in [0, 0.1) is 12.8 Å². The Kier molecular flexibility index (Phi) is 4.41. The predicted molar refractivity (Wildman–Crippen MR) is 83.0 cm³/mol. The van der Waals surface area contributed by atoms with Crippen molar-refractivity contribution in [2.75, 3.05) is 13.1 Å². The number of pyridine rings is 1. The molecule has 3 rings (SSSR count). The average molecular weight is 301 g/mol. The SMILES string of the molecule is Cc1ccnc([C@H](NC(=O)CCN2CCCC2=O)C2CC2)c1. The van der Waals surface area contributed by atoms with Gasteiger partial charge in [0.1, 0.15) is 0 Å². The van der Waals surface area contributed by atoms with Gasteiger partial charge in [-0.2, -0.15) is 0 Å². The van der Waals surface area contributed by atoms with Gasteiger partial charge >= 0.3 is 0 Å². The van der Waals surface area contributed by atoms with E-state index >= 15 is 0 Å². The monoisotopic (exact) mass is 301 g/mol. The molecule has 0 bridgehead atoms. The molecule has 2 heterocycles. The largest absolute Gasteiger partial charge is 0.347 e. The summed E-state index contributed by atoms with van der Waals surface area (Å²) in [5, 5.41) is 3.12. The first kappa shape index (κ1) is 15.0. The highest BCUT2D eigenvalue weighted by Gasteiger charge is 2.34. The lowest BCUT2D eigenvalue weighted by Crippen LogP contribution is -2.34. The molecule has 0 aromatic carbocycles. The van der Waals surface area contributed by atoms with E-state index in [1.165, 1.54) is 0 Å². The van der Waals surface area contributed by atoms with Crippen molar-refractivity contribution in [2.45, 2.75) is 45.1 Å². The van der Waals surface area contributed by atoms with Gasteiger partial charge in [0.2, 0.25) is 11.8 Å². The predicted octanol–water partition coefficient (Wildman–Crippen LogP) is 1.97. The Labute approximate surface area is 131 Å². The Bertz CT molecular complexity index is 569. The van der Waals surface area contributed by atoms with Gasteiger partial charge in [0.25, 0.3) is 0 Å². The van der Waals surface area contributed by atoms with Crippen molar-refractivity contribution in [1.82, 2.24) is 15.2 Å². The minimum absolute atomic E-state index is 0.0138. The molecule has 1 saturated heterocycles. The van der Waals surface area contributed by atoms with Crippen LogP contribution in [0.2, 0.25) is 0 Å². The van der Waals surface area contributed by atoms with Crippen LogP contribution in [-0.4, -0.2) is 34.8 Å². The molecule has 5 nitrogen and oxygen atoms in total. The van der Waals surface area contributed by atoms with Crippen molar-refractivity contribution in [3.63, 3.8) is 0 Å². The lowest BCUT2D eigenvalue weighted by atomic mass is 10.1. The van der Waals surface area contributed by atoms with Crippen LogP contribution in [0.1, 0.15) is 49.4 Å². The fourth-order valence-corrected chi connectivity index (χ4v) is 3.02. The molecule has 5 heteroatoms. The molecule has 1 aromatic heterocycles. The van der Waals surface area contributed by atoms with Crippen LogP contribution in [0.3, 0.4) is 0 Å². The number of hydrogen-bond acceptors (Lipinski definition) is 3. The van der Waals surface area contributed by atoms with Gasteiger partial charge in [0.05, 0.1) is 11.7 Å². The Morgan fingerprint density at radius 3 is 2.95 bits per heavy atom. The minimum atomic E-state index is 0.0138. The first-order valence-corrected chi connectivity index (χ1v) is 8.13. The second kappa shape index (κ2) is 6.46. The summed E-state index contributed by atoms with van der Waals surface area (Å²) in [6.45, 7) is 3.36. The van der Waals surface area contributed by atoms with Crippen molar-refractivity contribution >= 4 is 11.8 Å². The van der Waals surface area contributed by atoms with E-state index in [1.807, 2.05) is 19.1 Å². The Hall–Kier alpha value is -1.91. The van der Waals surface area contributed by atoms with E-state index < -0.39 is 0 Å². The summed E-state index contributed by atoms with van der Waals surface area (Å²) < 4.78 is 0. The normalized spacial score (nSPS) is 19.3. The molecule has 2 fully saturated rings. The van der Waals surface area contributed by atoms with Gasteiger partial charge < -0.3 is 10.2 Å². The number of carbonyl (C=O) groups is 2. The summed E-state index contributed by atoms with van der Waals surface area (Å²) in [6.07, 6.45) is 6.00. The van der Waals surface area contributed by atoms with E-state index in [4.69, 9.17) is 0 Å². The standard InChI is InChI=1S/C17H23N3O2/c1-12-6-8-18-14(11-12)17(13-4-5-13)19-15(21)7-10-20-9-2-3-16(20)22/h6,8,11,13,17H,2-5,7,9-10H2,1H3,(H,19,21)/t17-/m1/s1. The van der Waals surface area contributed by atoms with Gasteiger partial charge in [-0.3, -0.25) is 14.6 Å². The van der Waals surface area contributed by atoms with E-state index in [1.54, 1.807) is 11.1 Å². The van der Waals surface area contributed by atoms with Crippen LogP contribution in [0.15, 0.2) is 18.3 Å². The zero-order chi connectivity index (χ0) is 15.5. The van der Waals surface area contributed by atoms with Crippen molar-refractivity contribution in [2.24, 2.45) is 5.92 Å². The third kappa shape index (κ3) is 3.64. The Balaban J connectivity index is 1.57. The van der Waals surface area contributed by atoms with Gasteiger partial charge in [-0.1, -0.05) is 0 Å². The summed E-state index contributed by atoms with van der Waals surface area (Å²) in [5.41, 5.74) is 2.11. The maximum Gasteiger partial charge on any atom is 0.222 e. The summed E-state index contributed by atoms with van der Waals surface area (Å²) >= 11 is 0. The average Bonchev–Trinajstić information content (AvgIpc) is 3.25. The first-order chi connectivity index (χ1) is 10.6. The fourth-order valence-electron chi connectivity index (χ4n) is 3.02. The van der Waals surface area contributed by atoms with E-state index in [0.29, 0.717) is 25.3 Å². The molecule has 22 heavy (non-hydrogen) atoms. The van der Waals surface area contributed by atoms with Gasteiger partial charge in [0, 0.05) is 32.1 Å². The molecule has 0 spiro atoms. The molecule has 0 unspecified atom stereocenters. The number of rotatable bonds is 6. The van der Waals surface area contributed by atoms with Crippen molar-refractivity contribution in [3.05, 3.63) is 29.6 Å². The molecule has 1 saturated carbocycles. The molecular weight excluding hydrogens is 278 g/mol. The topological polar surface area (TPSA) is 62.3 Å². The number of carbonyl (C=O) groups excluding carboxylic acids is 2. The van der Waals surface area contributed by atoms with Gasteiger partial charge in [-0.25, -0.2) is 0 Å². The Morgan fingerprint density at radius 1 is 1.50 bits per heavy atom. The molecule has 1 aliphatic carbocycles. The first-order valence-electron chi connectivity index (χ1n) is 8.13. The van der Waals surface area contributed by atoms with Crippen LogP contribution in [0.5, 0.6) is 0 Å².